The van der Waals surface area contributed by atoms with Crippen molar-refractivity contribution >= 4 is 16.6 Å². The number of hydrogen-bond acceptors (Lipinski definition) is 8. The number of nitrogens with zero attached hydrogens (tertiary/aromatic N) is 6. The van der Waals surface area contributed by atoms with E-state index in [0.29, 0.717) is 23.8 Å². The Morgan fingerprint density at radius 3 is 2.38 bits per heavy atom. The molecule has 2 aromatic carbocycles. The Bertz CT molecular complexity index is 2570. The maximum absolute atomic E-state index is 5.98. The number of benzene rings is 2. The summed E-state index contributed by atoms with van der Waals surface area (Å²) >= 11 is 0. The Labute approximate surface area is 442 Å². The lowest BCUT2D eigenvalue weighted by molar-refractivity contribution is 0.185. The number of terminal acetylenes is 1. The summed E-state index contributed by atoms with van der Waals surface area (Å²) in [5, 5.41) is 11.4. The molecular formula is C64H93N9. The van der Waals surface area contributed by atoms with Crippen molar-refractivity contribution in [1.29, 1.82) is 0 Å². The molecule has 0 radical (unpaired) electrons. The quantitative estimate of drug-likeness (QED) is 0.0474. The van der Waals surface area contributed by atoms with Gasteiger partial charge in [-0.2, -0.15) is 0 Å². The maximum atomic E-state index is 5.98. The van der Waals surface area contributed by atoms with Crippen LogP contribution in [0.25, 0.3) is 33.3 Å². The predicted octanol–water partition coefficient (Wildman–Crippen LogP) is 12.0. The first-order valence-corrected chi connectivity index (χ1v) is 28.5. The summed E-state index contributed by atoms with van der Waals surface area (Å²) < 4.78 is 2.61. The Balaban J connectivity index is 1.25. The van der Waals surface area contributed by atoms with E-state index < -0.39 is 0 Å². The summed E-state index contributed by atoms with van der Waals surface area (Å²) in [5.74, 6) is 4.20. The van der Waals surface area contributed by atoms with Gasteiger partial charge in [0.2, 0.25) is 0 Å². The van der Waals surface area contributed by atoms with Crippen LogP contribution in [0.5, 0.6) is 0 Å². The van der Waals surface area contributed by atoms with Crippen molar-refractivity contribution in [3.63, 3.8) is 0 Å². The monoisotopic (exact) mass is 988 g/mol. The molecular weight excluding hydrogens is 895 g/mol. The Morgan fingerprint density at radius 2 is 1.73 bits per heavy atom. The minimum absolute atomic E-state index is 0.0197. The molecule has 4 aromatic rings. The van der Waals surface area contributed by atoms with Crippen LogP contribution in [0.3, 0.4) is 0 Å². The number of fused-ring (bicyclic) bond motifs is 1. The van der Waals surface area contributed by atoms with Gasteiger partial charge in [0, 0.05) is 92.2 Å². The van der Waals surface area contributed by atoms with Crippen LogP contribution in [-0.4, -0.2) is 108 Å². The molecule has 9 nitrogen and oxygen atoms in total. The number of pyridine rings is 1. The number of piperazine rings is 1. The van der Waals surface area contributed by atoms with E-state index in [1.165, 1.54) is 80.6 Å². The number of hydrazine groups is 1. The predicted molar refractivity (Wildman–Crippen MR) is 311 cm³/mol. The summed E-state index contributed by atoms with van der Waals surface area (Å²) in [6.07, 6.45) is 23.0. The molecule has 2 aromatic heterocycles. The normalized spacial score (nSPS) is 20.1. The second kappa shape index (κ2) is 24.2. The van der Waals surface area contributed by atoms with Crippen LogP contribution in [0.15, 0.2) is 85.9 Å². The number of nitrogens with one attached hydrogen (secondary N) is 3. The van der Waals surface area contributed by atoms with Crippen molar-refractivity contribution in [3.8, 4) is 34.7 Å². The van der Waals surface area contributed by atoms with E-state index >= 15 is 0 Å². The molecule has 3 unspecified atom stereocenters. The minimum atomic E-state index is -0.0457. The van der Waals surface area contributed by atoms with Crippen molar-refractivity contribution < 1.29 is 0 Å². The highest BCUT2D eigenvalue weighted by atomic mass is 15.5. The van der Waals surface area contributed by atoms with Crippen LogP contribution in [0.4, 0.5) is 5.69 Å². The summed E-state index contributed by atoms with van der Waals surface area (Å²) in [5.41, 5.74) is 18.7. The number of hydrogen-bond donors (Lipinski definition) is 3. The average Bonchev–Trinajstić information content (AvgIpc) is 4.07. The molecule has 3 saturated heterocycles. The van der Waals surface area contributed by atoms with Crippen LogP contribution in [0.2, 0.25) is 0 Å². The van der Waals surface area contributed by atoms with Crippen molar-refractivity contribution in [2.75, 3.05) is 64.8 Å². The van der Waals surface area contributed by atoms with E-state index in [0.717, 1.165) is 128 Å². The molecule has 394 valence electrons. The SMILES string of the molecule is C#CCCC(C)(C)Cc1c(-c2cc(N3CCN(C4CC4)CC3)cnc2C(C)CC)n(CC)c2ccc(-c3cc(CC[C@H]4NCCC4C=C)cc(CC(NC(=C)[C@H](C(C)C)N(C)C)C(=C)N4CCCCN4)c3)cc12. The molecule has 1 saturated carbocycles. The molecule has 1 aliphatic carbocycles. The first kappa shape index (κ1) is 54.4. The van der Waals surface area contributed by atoms with Gasteiger partial charge in [0.1, 0.15) is 0 Å². The number of anilines is 1. The van der Waals surface area contributed by atoms with E-state index in [-0.39, 0.29) is 17.5 Å². The highest BCUT2D eigenvalue weighted by Gasteiger charge is 2.33. The molecule has 5 atom stereocenters. The molecule has 73 heavy (non-hydrogen) atoms. The van der Waals surface area contributed by atoms with E-state index in [2.05, 4.69) is 177 Å². The zero-order chi connectivity index (χ0) is 52.0. The van der Waals surface area contributed by atoms with E-state index in [4.69, 9.17) is 18.0 Å². The van der Waals surface area contributed by atoms with Gasteiger partial charge >= 0.3 is 0 Å². The maximum Gasteiger partial charge on any atom is 0.0707 e. The zero-order valence-electron chi connectivity index (χ0n) is 46.8. The van der Waals surface area contributed by atoms with Crippen LogP contribution < -0.4 is 21.0 Å². The van der Waals surface area contributed by atoms with Gasteiger partial charge in [0.25, 0.3) is 0 Å². The van der Waals surface area contributed by atoms with Gasteiger partial charge in [-0.05, 0) is 167 Å². The van der Waals surface area contributed by atoms with Gasteiger partial charge in [-0.1, -0.05) is 85.0 Å². The fraction of sp³-hybridized carbons (Fsp3) is 0.578. The van der Waals surface area contributed by atoms with Crippen LogP contribution in [0, 0.1) is 29.6 Å². The van der Waals surface area contributed by atoms with Crippen molar-refractivity contribution in [2.24, 2.45) is 17.3 Å². The molecule has 0 spiro atoms. The van der Waals surface area contributed by atoms with Crippen LogP contribution in [0.1, 0.15) is 135 Å². The molecule has 0 bridgehead atoms. The second-order valence-electron chi connectivity index (χ2n) is 23.7. The Kier molecular flexibility index (Phi) is 18.1. The first-order chi connectivity index (χ1) is 35.1. The standard InChI is InChI=1S/C64H93N9/c1-14-18-28-64(10,11)42-57-55-40-51(22-26-60(55)72(17-4)63(57)56-41-54(43-66-61(56)45(7)15-2)71-34-32-70(33-35-71)53-23-24-53)52-37-48(21-25-58-50(16-3)27-30-65-58)36-49(38-52)39-59(47(9)73-31-20-19-29-67-73)68-46(8)62(44(5)6)69(12)13/h1,16,22,26,36-38,40-41,43-45,50,53,58-59,62,65,67-68H,3,8-9,15,17-21,23-25,27-35,39,42H2,2,4-7,10-13H3/t45?,50?,58-,59?,62+/m1/s1. The largest absolute Gasteiger partial charge is 0.379 e. The van der Waals surface area contributed by atoms with Crippen molar-refractivity contribution in [3.05, 3.63) is 108 Å². The first-order valence-electron chi connectivity index (χ1n) is 28.5. The van der Waals surface area contributed by atoms with E-state index in [1.807, 2.05) is 0 Å². The van der Waals surface area contributed by atoms with Crippen molar-refractivity contribution in [2.45, 2.75) is 162 Å². The van der Waals surface area contributed by atoms with Gasteiger partial charge in [0.05, 0.1) is 35.4 Å². The van der Waals surface area contributed by atoms with E-state index in [9.17, 15) is 0 Å². The molecule has 4 fully saturated rings. The smallest absolute Gasteiger partial charge is 0.0707 e. The van der Waals surface area contributed by atoms with Gasteiger partial charge in [-0.3, -0.25) is 9.88 Å². The van der Waals surface area contributed by atoms with Gasteiger partial charge < -0.3 is 30.0 Å². The highest BCUT2D eigenvalue weighted by Crippen LogP contribution is 2.44. The average molecular weight is 989 g/mol. The molecule has 4 aliphatic rings. The Morgan fingerprint density at radius 1 is 0.959 bits per heavy atom. The summed E-state index contributed by atoms with van der Waals surface area (Å²) in [6, 6.07) is 18.7. The lowest BCUT2D eigenvalue weighted by Gasteiger charge is -2.38. The van der Waals surface area contributed by atoms with Crippen LogP contribution >= 0.6 is 0 Å². The number of likely N-dealkylation sites (N-methyl/N-ethyl adjacent to an activating group) is 1. The molecule has 8 rings (SSSR count). The van der Waals surface area contributed by atoms with E-state index in [1.54, 1.807) is 0 Å². The van der Waals surface area contributed by atoms with Crippen molar-refractivity contribution in [1.82, 2.24) is 40.4 Å². The third-order valence-electron chi connectivity index (χ3n) is 17.1. The fourth-order valence-electron chi connectivity index (χ4n) is 12.7. The minimum Gasteiger partial charge on any atom is -0.379 e. The van der Waals surface area contributed by atoms with Gasteiger partial charge in [0.15, 0.2) is 0 Å². The summed E-state index contributed by atoms with van der Waals surface area (Å²) in [4.78, 5) is 13.0. The zero-order valence-corrected chi connectivity index (χ0v) is 46.8. The lowest BCUT2D eigenvalue weighted by Crippen LogP contribution is -2.50. The van der Waals surface area contributed by atoms with Crippen LogP contribution in [-0.2, 0) is 25.8 Å². The third-order valence-corrected chi connectivity index (χ3v) is 17.1. The summed E-state index contributed by atoms with van der Waals surface area (Å²) in [6.45, 7) is 38.3. The molecule has 9 heteroatoms. The fourth-order valence-corrected chi connectivity index (χ4v) is 12.7. The van der Waals surface area contributed by atoms with Gasteiger partial charge in [-0.15, -0.1) is 18.9 Å². The number of aryl methyl sites for hydroxylation is 2. The molecule has 3 N–H and O–H groups in total. The third kappa shape index (κ3) is 12.8. The number of rotatable bonds is 24. The summed E-state index contributed by atoms with van der Waals surface area (Å²) in [7, 11) is 4.32. The lowest BCUT2D eigenvalue weighted by atomic mass is 9.80. The van der Waals surface area contributed by atoms with Gasteiger partial charge in [-0.25, -0.2) is 5.43 Å². The Hall–Kier alpha value is -4.85. The molecule has 0 amide bonds. The molecule has 5 heterocycles. The second-order valence-corrected chi connectivity index (χ2v) is 23.7. The number of aromatic nitrogens is 2. The molecule has 3 aliphatic heterocycles. The highest BCUT2D eigenvalue weighted by molar-refractivity contribution is 5.95. The topological polar surface area (TPSA) is 66.9 Å².